The lowest BCUT2D eigenvalue weighted by Gasteiger charge is -2.21. The van der Waals surface area contributed by atoms with Crippen LogP contribution in [0, 0.1) is 0 Å². The highest BCUT2D eigenvalue weighted by molar-refractivity contribution is 7.09. The summed E-state index contributed by atoms with van der Waals surface area (Å²) in [7, 11) is 1.96. The Morgan fingerprint density at radius 1 is 1.58 bits per heavy atom. The van der Waals surface area contributed by atoms with E-state index >= 15 is 0 Å². The lowest BCUT2D eigenvalue weighted by molar-refractivity contribution is 0.433. The van der Waals surface area contributed by atoms with E-state index in [9.17, 15) is 0 Å². The molecule has 0 fully saturated rings. The number of thiazole rings is 1. The fourth-order valence-corrected chi connectivity index (χ4v) is 1.80. The molecular weight excluding hydrogens is 168 g/mol. The van der Waals surface area contributed by atoms with Gasteiger partial charge in [0.1, 0.15) is 0 Å². The van der Waals surface area contributed by atoms with Gasteiger partial charge < -0.3 is 5.32 Å². The van der Waals surface area contributed by atoms with Gasteiger partial charge in [-0.15, -0.1) is 11.3 Å². The highest BCUT2D eigenvalue weighted by Crippen LogP contribution is 2.21. The van der Waals surface area contributed by atoms with Gasteiger partial charge in [0.2, 0.25) is 0 Å². The number of nitrogens with zero attached hydrogens (tertiary/aromatic N) is 1. The van der Waals surface area contributed by atoms with Crippen LogP contribution in [0.25, 0.3) is 0 Å². The second-order valence-electron chi connectivity index (χ2n) is 3.36. The van der Waals surface area contributed by atoms with Crippen molar-refractivity contribution >= 4 is 11.3 Å². The summed E-state index contributed by atoms with van der Waals surface area (Å²) >= 11 is 1.74. The Kier molecular flexibility index (Phi) is 2.85. The molecule has 0 bridgehead atoms. The highest BCUT2D eigenvalue weighted by Gasteiger charge is 2.20. The minimum atomic E-state index is 0.00389. The molecule has 0 aliphatic carbocycles. The van der Waals surface area contributed by atoms with Crippen molar-refractivity contribution < 1.29 is 0 Å². The average Bonchev–Trinajstić information content (AvgIpc) is 2.52. The smallest absolute Gasteiger partial charge is 0.0926 e. The number of nitrogens with one attached hydrogen (secondary N) is 1. The van der Waals surface area contributed by atoms with Gasteiger partial charge in [0.15, 0.2) is 0 Å². The maximum Gasteiger partial charge on any atom is 0.0926 e. The molecule has 0 aromatic carbocycles. The van der Waals surface area contributed by atoms with Crippen molar-refractivity contribution in [2.75, 3.05) is 7.05 Å². The van der Waals surface area contributed by atoms with Crippen LogP contribution in [0.2, 0.25) is 0 Å². The zero-order valence-electron chi connectivity index (χ0n) is 8.14. The fourth-order valence-electron chi connectivity index (χ4n) is 0.888. The van der Waals surface area contributed by atoms with Crippen LogP contribution in [0.15, 0.2) is 5.38 Å². The third-order valence-corrected chi connectivity index (χ3v) is 3.11. The minimum Gasteiger partial charge on any atom is -0.310 e. The average molecular weight is 184 g/mol. The molecule has 68 valence electrons. The van der Waals surface area contributed by atoms with Crippen molar-refractivity contribution in [2.45, 2.75) is 32.7 Å². The number of rotatable bonds is 3. The molecule has 1 heterocycles. The Morgan fingerprint density at radius 2 is 2.25 bits per heavy atom. The number of aromatic nitrogens is 1. The molecule has 0 spiro atoms. The predicted octanol–water partition coefficient (Wildman–Crippen LogP) is 2.16. The Bertz CT molecular complexity index is 253. The summed E-state index contributed by atoms with van der Waals surface area (Å²) in [4.78, 5) is 4.53. The molecule has 1 N–H and O–H groups in total. The van der Waals surface area contributed by atoms with E-state index in [0.29, 0.717) is 0 Å². The van der Waals surface area contributed by atoms with Crippen molar-refractivity contribution in [3.63, 3.8) is 0 Å². The van der Waals surface area contributed by atoms with E-state index in [0.717, 1.165) is 12.1 Å². The molecule has 12 heavy (non-hydrogen) atoms. The third kappa shape index (κ3) is 1.84. The maximum absolute atomic E-state index is 4.53. The Balaban J connectivity index is 2.88. The van der Waals surface area contributed by atoms with Gasteiger partial charge in [0.25, 0.3) is 0 Å². The summed E-state index contributed by atoms with van der Waals surface area (Å²) in [6.45, 7) is 6.41. The molecule has 0 radical (unpaired) electrons. The summed E-state index contributed by atoms with van der Waals surface area (Å²) in [5.41, 5.74) is 1.15. The lowest BCUT2D eigenvalue weighted by Crippen LogP contribution is -2.33. The molecule has 3 heteroatoms. The molecular formula is C9H16N2S. The van der Waals surface area contributed by atoms with E-state index in [2.05, 4.69) is 36.5 Å². The standard InChI is InChI=1S/C9H16N2S/c1-5-8-11-7(6-12-8)9(2,3)10-4/h6,10H,5H2,1-4H3. The first-order valence-corrected chi connectivity index (χ1v) is 5.12. The van der Waals surface area contributed by atoms with Crippen molar-refractivity contribution in [3.8, 4) is 0 Å². The second kappa shape index (κ2) is 3.54. The van der Waals surface area contributed by atoms with E-state index in [1.807, 2.05) is 7.05 Å². The van der Waals surface area contributed by atoms with Crippen LogP contribution in [0.4, 0.5) is 0 Å². The first-order chi connectivity index (χ1) is 5.60. The first-order valence-electron chi connectivity index (χ1n) is 4.24. The SMILES string of the molecule is CCc1nc(C(C)(C)NC)cs1. The van der Waals surface area contributed by atoms with Crippen LogP contribution in [-0.2, 0) is 12.0 Å². The first kappa shape index (κ1) is 9.68. The molecule has 1 aromatic heterocycles. The van der Waals surface area contributed by atoms with Gasteiger partial charge in [-0.1, -0.05) is 6.92 Å². The molecule has 0 aliphatic heterocycles. The molecule has 0 saturated heterocycles. The minimum absolute atomic E-state index is 0.00389. The molecule has 0 unspecified atom stereocenters. The van der Waals surface area contributed by atoms with E-state index in [1.54, 1.807) is 11.3 Å². The lowest BCUT2D eigenvalue weighted by atomic mass is 10.0. The van der Waals surface area contributed by atoms with E-state index in [-0.39, 0.29) is 5.54 Å². The molecule has 0 aliphatic rings. The molecule has 1 aromatic rings. The molecule has 0 saturated carbocycles. The fraction of sp³-hybridized carbons (Fsp3) is 0.667. The van der Waals surface area contributed by atoms with Crippen molar-refractivity contribution in [1.29, 1.82) is 0 Å². The van der Waals surface area contributed by atoms with Crippen LogP contribution in [0.3, 0.4) is 0 Å². The van der Waals surface area contributed by atoms with Gasteiger partial charge in [0.05, 0.1) is 16.2 Å². The van der Waals surface area contributed by atoms with Gasteiger partial charge in [-0.05, 0) is 27.3 Å². The van der Waals surface area contributed by atoms with Gasteiger partial charge in [-0.2, -0.15) is 0 Å². The Labute approximate surface area is 78.0 Å². The predicted molar refractivity (Wildman–Crippen MR) is 53.6 cm³/mol. The van der Waals surface area contributed by atoms with Crippen LogP contribution >= 0.6 is 11.3 Å². The topological polar surface area (TPSA) is 24.9 Å². The summed E-state index contributed by atoms with van der Waals surface area (Å²) < 4.78 is 0. The molecule has 2 nitrogen and oxygen atoms in total. The molecule has 0 atom stereocenters. The van der Waals surface area contributed by atoms with Gasteiger partial charge >= 0.3 is 0 Å². The van der Waals surface area contributed by atoms with Gasteiger partial charge in [0, 0.05) is 5.38 Å². The van der Waals surface area contributed by atoms with Crippen LogP contribution in [-0.4, -0.2) is 12.0 Å². The van der Waals surface area contributed by atoms with Gasteiger partial charge in [-0.25, -0.2) is 4.98 Å². The monoisotopic (exact) mass is 184 g/mol. The zero-order chi connectivity index (χ0) is 9.19. The van der Waals surface area contributed by atoms with Crippen molar-refractivity contribution in [2.24, 2.45) is 0 Å². The summed E-state index contributed by atoms with van der Waals surface area (Å²) in [6, 6.07) is 0. The quantitative estimate of drug-likeness (QED) is 0.778. The third-order valence-electron chi connectivity index (χ3n) is 2.12. The number of hydrogen-bond donors (Lipinski definition) is 1. The van der Waals surface area contributed by atoms with Gasteiger partial charge in [-0.3, -0.25) is 0 Å². The van der Waals surface area contributed by atoms with Crippen molar-refractivity contribution in [1.82, 2.24) is 10.3 Å². The van der Waals surface area contributed by atoms with E-state index < -0.39 is 0 Å². The zero-order valence-corrected chi connectivity index (χ0v) is 8.96. The number of aryl methyl sites for hydroxylation is 1. The summed E-state index contributed by atoms with van der Waals surface area (Å²) in [5, 5.41) is 6.59. The van der Waals surface area contributed by atoms with E-state index in [1.165, 1.54) is 5.01 Å². The second-order valence-corrected chi connectivity index (χ2v) is 4.30. The van der Waals surface area contributed by atoms with Crippen molar-refractivity contribution in [3.05, 3.63) is 16.1 Å². The highest BCUT2D eigenvalue weighted by atomic mass is 32.1. The number of hydrogen-bond acceptors (Lipinski definition) is 3. The molecule has 1 rings (SSSR count). The van der Waals surface area contributed by atoms with E-state index in [4.69, 9.17) is 0 Å². The normalized spacial score (nSPS) is 12.0. The van der Waals surface area contributed by atoms with Crippen LogP contribution in [0.1, 0.15) is 31.5 Å². The van der Waals surface area contributed by atoms with Crippen LogP contribution in [0.5, 0.6) is 0 Å². The Hall–Kier alpha value is -0.410. The largest absolute Gasteiger partial charge is 0.310 e. The maximum atomic E-state index is 4.53. The summed E-state index contributed by atoms with van der Waals surface area (Å²) in [6.07, 6.45) is 1.03. The molecule has 0 amide bonds. The van der Waals surface area contributed by atoms with Crippen LogP contribution < -0.4 is 5.32 Å². The Morgan fingerprint density at radius 3 is 2.67 bits per heavy atom. The summed E-state index contributed by atoms with van der Waals surface area (Å²) in [5.74, 6) is 0.